The first-order valence-corrected chi connectivity index (χ1v) is 7.11. The lowest BCUT2D eigenvalue weighted by molar-refractivity contribution is 0.834. The van der Waals surface area contributed by atoms with Crippen LogP contribution in [-0.4, -0.2) is 6.21 Å². The van der Waals surface area contributed by atoms with Crippen molar-refractivity contribution < 1.29 is 0 Å². The zero-order valence-corrected chi connectivity index (χ0v) is 12.3. The molecule has 0 heterocycles. The SMILES string of the molecule is CC(C)c1cccc(C(C)C)c1N=CC1C=CC=C1. The van der Waals surface area contributed by atoms with Crippen LogP contribution >= 0.6 is 0 Å². The monoisotopic (exact) mass is 253 g/mol. The fraction of sp³-hybridized carbons (Fsp3) is 0.389. The molecule has 100 valence electrons. The van der Waals surface area contributed by atoms with E-state index in [4.69, 9.17) is 4.99 Å². The Hall–Kier alpha value is -1.63. The number of aliphatic imine (C=N–C) groups is 1. The third kappa shape index (κ3) is 3.23. The Morgan fingerprint density at radius 2 is 1.47 bits per heavy atom. The van der Waals surface area contributed by atoms with Crippen molar-refractivity contribution >= 4 is 11.9 Å². The molecule has 0 unspecified atom stereocenters. The van der Waals surface area contributed by atoms with Crippen LogP contribution in [-0.2, 0) is 0 Å². The number of benzene rings is 1. The van der Waals surface area contributed by atoms with E-state index in [2.05, 4.69) is 70.2 Å². The largest absolute Gasteiger partial charge is 0.260 e. The smallest absolute Gasteiger partial charge is 0.0695 e. The number of rotatable bonds is 4. The number of para-hydroxylation sites is 1. The summed E-state index contributed by atoms with van der Waals surface area (Å²) in [5.74, 6) is 1.35. The predicted molar refractivity (Wildman–Crippen MR) is 84.5 cm³/mol. The quantitative estimate of drug-likeness (QED) is 0.639. The maximum absolute atomic E-state index is 4.80. The van der Waals surface area contributed by atoms with Crippen LogP contribution in [0.3, 0.4) is 0 Å². The Bertz CT molecular complexity index is 480. The van der Waals surface area contributed by atoms with Gasteiger partial charge in [0.15, 0.2) is 0 Å². The van der Waals surface area contributed by atoms with Gasteiger partial charge >= 0.3 is 0 Å². The van der Waals surface area contributed by atoms with Crippen LogP contribution in [0.5, 0.6) is 0 Å². The normalized spacial score (nSPS) is 15.5. The van der Waals surface area contributed by atoms with Crippen LogP contribution in [0.4, 0.5) is 5.69 Å². The molecule has 19 heavy (non-hydrogen) atoms. The highest BCUT2D eigenvalue weighted by atomic mass is 14.7. The minimum absolute atomic E-state index is 0.347. The van der Waals surface area contributed by atoms with Gasteiger partial charge in [0.1, 0.15) is 0 Å². The summed E-state index contributed by atoms with van der Waals surface area (Å²) in [7, 11) is 0. The standard InChI is InChI=1S/C18H23N/c1-13(2)16-10-7-11-17(14(3)4)18(16)19-12-15-8-5-6-9-15/h5-15H,1-4H3. The fourth-order valence-corrected chi connectivity index (χ4v) is 2.37. The van der Waals surface area contributed by atoms with Crippen molar-refractivity contribution in [2.45, 2.75) is 39.5 Å². The molecule has 1 aliphatic carbocycles. The van der Waals surface area contributed by atoms with Gasteiger partial charge in [-0.05, 0) is 23.0 Å². The number of hydrogen-bond donors (Lipinski definition) is 0. The van der Waals surface area contributed by atoms with Crippen LogP contribution in [0.2, 0.25) is 0 Å². The molecule has 1 aromatic carbocycles. The summed E-state index contributed by atoms with van der Waals surface area (Å²) in [6.07, 6.45) is 10.5. The van der Waals surface area contributed by atoms with Gasteiger partial charge < -0.3 is 0 Å². The summed E-state index contributed by atoms with van der Waals surface area (Å²) in [4.78, 5) is 4.80. The summed E-state index contributed by atoms with van der Waals surface area (Å²) in [5, 5.41) is 0. The Kier molecular flexibility index (Phi) is 4.36. The molecule has 2 rings (SSSR count). The molecular weight excluding hydrogens is 230 g/mol. The second-order valence-electron chi connectivity index (χ2n) is 5.72. The lowest BCUT2D eigenvalue weighted by Gasteiger charge is -2.16. The van der Waals surface area contributed by atoms with Gasteiger partial charge in [-0.3, -0.25) is 4.99 Å². The van der Waals surface area contributed by atoms with Gasteiger partial charge in [0, 0.05) is 12.1 Å². The first kappa shape index (κ1) is 13.8. The molecule has 0 atom stereocenters. The minimum atomic E-state index is 0.347. The molecular formula is C18H23N. The zero-order chi connectivity index (χ0) is 13.8. The summed E-state index contributed by atoms with van der Waals surface area (Å²) < 4.78 is 0. The molecule has 0 aliphatic heterocycles. The Balaban J connectivity index is 2.40. The third-order valence-corrected chi connectivity index (χ3v) is 3.50. The summed E-state index contributed by atoms with van der Waals surface area (Å²) in [6.45, 7) is 8.92. The lowest BCUT2D eigenvalue weighted by atomic mass is 9.93. The third-order valence-electron chi connectivity index (χ3n) is 3.50. The second kappa shape index (κ2) is 6.01. The second-order valence-corrected chi connectivity index (χ2v) is 5.72. The topological polar surface area (TPSA) is 12.4 Å². The summed E-state index contributed by atoms with van der Waals surface area (Å²) in [5.41, 5.74) is 3.85. The number of nitrogens with zero attached hydrogens (tertiary/aromatic N) is 1. The first-order valence-electron chi connectivity index (χ1n) is 7.11. The molecule has 0 aromatic heterocycles. The molecule has 0 amide bonds. The van der Waals surface area contributed by atoms with Crippen molar-refractivity contribution in [3.63, 3.8) is 0 Å². The fourth-order valence-electron chi connectivity index (χ4n) is 2.37. The van der Waals surface area contributed by atoms with E-state index in [1.807, 2.05) is 6.21 Å². The van der Waals surface area contributed by atoms with Crippen molar-refractivity contribution in [1.82, 2.24) is 0 Å². The van der Waals surface area contributed by atoms with Crippen molar-refractivity contribution in [3.8, 4) is 0 Å². The van der Waals surface area contributed by atoms with Gasteiger partial charge in [-0.25, -0.2) is 0 Å². The van der Waals surface area contributed by atoms with Gasteiger partial charge in [-0.1, -0.05) is 70.2 Å². The summed E-state index contributed by atoms with van der Waals surface area (Å²) >= 11 is 0. The maximum atomic E-state index is 4.80. The first-order chi connectivity index (χ1) is 9.09. The molecule has 0 bridgehead atoms. The molecule has 0 radical (unpaired) electrons. The molecule has 0 spiro atoms. The van der Waals surface area contributed by atoms with E-state index < -0.39 is 0 Å². The average Bonchev–Trinajstić information content (AvgIpc) is 2.88. The van der Waals surface area contributed by atoms with E-state index >= 15 is 0 Å². The highest BCUT2D eigenvalue weighted by Crippen LogP contribution is 2.34. The highest BCUT2D eigenvalue weighted by Gasteiger charge is 2.12. The van der Waals surface area contributed by atoms with Crippen LogP contribution in [0.15, 0.2) is 47.5 Å². The Morgan fingerprint density at radius 1 is 0.947 bits per heavy atom. The van der Waals surface area contributed by atoms with Gasteiger partial charge in [0.05, 0.1) is 5.69 Å². The van der Waals surface area contributed by atoms with Crippen molar-refractivity contribution in [2.24, 2.45) is 10.9 Å². The number of hydrogen-bond acceptors (Lipinski definition) is 1. The van der Waals surface area contributed by atoms with Crippen LogP contribution in [0.1, 0.15) is 50.7 Å². The van der Waals surface area contributed by atoms with Crippen LogP contribution < -0.4 is 0 Å². The molecule has 1 heteroatoms. The van der Waals surface area contributed by atoms with E-state index in [-0.39, 0.29) is 0 Å². The average molecular weight is 253 g/mol. The predicted octanol–water partition coefficient (Wildman–Crippen LogP) is 5.38. The van der Waals surface area contributed by atoms with Crippen molar-refractivity contribution in [1.29, 1.82) is 0 Å². The Labute approximate surface area is 116 Å². The molecule has 1 aliphatic rings. The van der Waals surface area contributed by atoms with E-state index in [1.165, 1.54) is 16.8 Å². The summed E-state index contributed by atoms with van der Waals surface area (Å²) in [6, 6.07) is 6.55. The van der Waals surface area contributed by atoms with E-state index in [9.17, 15) is 0 Å². The maximum Gasteiger partial charge on any atom is 0.0695 e. The zero-order valence-electron chi connectivity index (χ0n) is 12.3. The van der Waals surface area contributed by atoms with E-state index in [1.54, 1.807) is 0 Å². The molecule has 0 fully saturated rings. The molecule has 0 saturated carbocycles. The Morgan fingerprint density at radius 3 is 1.95 bits per heavy atom. The highest BCUT2D eigenvalue weighted by molar-refractivity contribution is 5.73. The molecule has 0 saturated heterocycles. The minimum Gasteiger partial charge on any atom is -0.260 e. The van der Waals surface area contributed by atoms with Gasteiger partial charge in [-0.15, -0.1) is 0 Å². The van der Waals surface area contributed by atoms with Crippen LogP contribution in [0, 0.1) is 5.92 Å². The van der Waals surface area contributed by atoms with Gasteiger partial charge in [0.25, 0.3) is 0 Å². The molecule has 0 N–H and O–H groups in total. The van der Waals surface area contributed by atoms with Gasteiger partial charge in [0.2, 0.25) is 0 Å². The van der Waals surface area contributed by atoms with E-state index in [0.717, 1.165) is 0 Å². The lowest BCUT2D eigenvalue weighted by Crippen LogP contribution is -1.97. The van der Waals surface area contributed by atoms with Gasteiger partial charge in [-0.2, -0.15) is 0 Å². The van der Waals surface area contributed by atoms with Crippen LogP contribution in [0.25, 0.3) is 0 Å². The van der Waals surface area contributed by atoms with E-state index in [0.29, 0.717) is 17.8 Å². The van der Waals surface area contributed by atoms with Crippen molar-refractivity contribution in [3.05, 3.63) is 53.6 Å². The number of allylic oxidation sites excluding steroid dienone is 4. The molecule has 1 aromatic rings. The van der Waals surface area contributed by atoms with Crippen molar-refractivity contribution in [2.75, 3.05) is 0 Å². The molecule has 1 nitrogen and oxygen atoms in total.